The van der Waals surface area contributed by atoms with Crippen LogP contribution in [0.2, 0.25) is 0 Å². The highest BCUT2D eigenvalue weighted by atomic mass is 32.2. The van der Waals surface area contributed by atoms with Crippen molar-refractivity contribution in [2.45, 2.75) is 15.0 Å². The summed E-state index contributed by atoms with van der Waals surface area (Å²) in [4.78, 5) is 14.1. The molecule has 161 valence electrons. The molecule has 4 aromatic carbocycles. The Bertz CT molecular complexity index is 1230. The maximum absolute atomic E-state index is 11.7. The molecule has 0 fully saturated rings. The topological polar surface area (TPSA) is 26.3 Å². The third-order valence-electron chi connectivity index (χ3n) is 5.28. The van der Waals surface area contributed by atoms with E-state index in [1.54, 1.807) is 23.5 Å². The molecule has 0 saturated heterocycles. The first-order valence-corrected chi connectivity index (χ1v) is 12.4. The lowest BCUT2D eigenvalue weighted by Crippen LogP contribution is -2.24. The summed E-state index contributed by atoms with van der Waals surface area (Å²) in [5.74, 6) is 0.513. The van der Waals surface area contributed by atoms with Crippen molar-refractivity contribution < 1.29 is 9.53 Å². The fraction of sp³-hybridized carbons (Fsp3) is 0.143. The summed E-state index contributed by atoms with van der Waals surface area (Å²) >= 11 is 3.50. The highest BCUT2D eigenvalue weighted by Gasteiger charge is 2.21. The van der Waals surface area contributed by atoms with Crippen molar-refractivity contribution in [1.29, 1.82) is 0 Å². The van der Waals surface area contributed by atoms with Gasteiger partial charge in [-0.25, -0.2) is 4.79 Å². The number of hydrogen-bond acceptors (Lipinski definition) is 4. The highest BCUT2D eigenvalue weighted by molar-refractivity contribution is 8.00. The Kier molecular flexibility index (Phi) is 7.56. The van der Waals surface area contributed by atoms with Crippen LogP contribution in [0.4, 0.5) is 0 Å². The zero-order valence-electron chi connectivity index (χ0n) is 17.8. The lowest BCUT2D eigenvalue weighted by molar-refractivity contribution is -0.137. The van der Waals surface area contributed by atoms with E-state index < -0.39 is 5.97 Å². The third-order valence-corrected chi connectivity index (χ3v) is 7.81. The van der Waals surface area contributed by atoms with E-state index in [1.807, 2.05) is 12.1 Å². The van der Waals surface area contributed by atoms with Gasteiger partial charge in [0, 0.05) is 26.9 Å². The van der Waals surface area contributed by atoms with E-state index in [2.05, 4.69) is 86.3 Å². The number of fused-ring (bicyclic) bond motifs is 2. The second-order valence-corrected chi connectivity index (χ2v) is 9.99. The van der Waals surface area contributed by atoms with Crippen LogP contribution in [0.3, 0.4) is 0 Å². The molecule has 2 nitrogen and oxygen atoms in total. The number of carbonyl (C=O) groups excluding carboxylic acids is 1. The van der Waals surface area contributed by atoms with Crippen LogP contribution in [-0.2, 0) is 9.53 Å². The lowest BCUT2D eigenvalue weighted by atomic mass is 10.1. The molecular formula is C28H25O2S2. The SMILES string of the molecule is [CH2]C(CSc1ccc2ccccc2c1)C(COC(=O)C=C)Sc1ccc2ccccc2c1. The molecule has 0 bridgehead atoms. The summed E-state index contributed by atoms with van der Waals surface area (Å²) < 4.78 is 5.42. The summed E-state index contributed by atoms with van der Waals surface area (Å²) in [6, 6.07) is 29.7. The summed E-state index contributed by atoms with van der Waals surface area (Å²) in [5.41, 5.74) is 0. The molecule has 0 N–H and O–H groups in total. The number of thioether (sulfide) groups is 2. The molecule has 32 heavy (non-hydrogen) atoms. The van der Waals surface area contributed by atoms with E-state index in [4.69, 9.17) is 4.74 Å². The second kappa shape index (κ2) is 10.8. The molecule has 0 aliphatic rings. The molecule has 4 aromatic rings. The van der Waals surface area contributed by atoms with E-state index >= 15 is 0 Å². The van der Waals surface area contributed by atoms with Crippen molar-refractivity contribution in [3.8, 4) is 0 Å². The Labute approximate surface area is 198 Å². The first kappa shape index (κ1) is 22.5. The monoisotopic (exact) mass is 457 g/mol. The van der Waals surface area contributed by atoms with Crippen LogP contribution in [0.15, 0.2) is 107 Å². The minimum atomic E-state index is -0.400. The van der Waals surface area contributed by atoms with Crippen LogP contribution in [0, 0.1) is 12.8 Å². The van der Waals surface area contributed by atoms with Gasteiger partial charge in [-0.05, 0) is 58.7 Å². The van der Waals surface area contributed by atoms with Gasteiger partial charge in [-0.15, -0.1) is 23.5 Å². The van der Waals surface area contributed by atoms with E-state index in [0.717, 1.165) is 10.6 Å². The quantitative estimate of drug-likeness (QED) is 0.148. The molecule has 0 saturated carbocycles. The van der Waals surface area contributed by atoms with Gasteiger partial charge in [-0.2, -0.15) is 0 Å². The number of rotatable bonds is 9. The Balaban J connectivity index is 1.47. The van der Waals surface area contributed by atoms with Crippen molar-refractivity contribution in [1.82, 2.24) is 0 Å². The summed E-state index contributed by atoms with van der Waals surface area (Å²) in [6.45, 7) is 8.22. The normalized spacial score (nSPS) is 13.0. The first-order chi connectivity index (χ1) is 15.6. The number of carbonyl (C=O) groups is 1. The molecule has 0 aromatic heterocycles. The van der Waals surface area contributed by atoms with Crippen molar-refractivity contribution in [2.75, 3.05) is 12.4 Å². The van der Waals surface area contributed by atoms with E-state index in [9.17, 15) is 4.79 Å². The predicted molar refractivity (Wildman–Crippen MR) is 138 cm³/mol. The van der Waals surface area contributed by atoms with Crippen molar-refractivity contribution in [3.63, 3.8) is 0 Å². The van der Waals surface area contributed by atoms with Crippen molar-refractivity contribution >= 4 is 51.0 Å². The van der Waals surface area contributed by atoms with Gasteiger partial charge in [-0.3, -0.25) is 0 Å². The van der Waals surface area contributed by atoms with Gasteiger partial charge in [0.25, 0.3) is 0 Å². The molecule has 4 rings (SSSR count). The van der Waals surface area contributed by atoms with Crippen LogP contribution in [0.1, 0.15) is 0 Å². The van der Waals surface area contributed by atoms with Crippen molar-refractivity contribution in [2.24, 2.45) is 5.92 Å². The third kappa shape index (κ3) is 5.76. The summed E-state index contributed by atoms with van der Waals surface area (Å²) in [6.07, 6.45) is 1.21. The van der Waals surface area contributed by atoms with Gasteiger partial charge in [0.05, 0.1) is 0 Å². The average Bonchev–Trinajstić information content (AvgIpc) is 2.84. The van der Waals surface area contributed by atoms with Gasteiger partial charge in [-0.1, -0.05) is 67.2 Å². The maximum atomic E-state index is 11.7. The lowest BCUT2D eigenvalue weighted by Gasteiger charge is -2.23. The highest BCUT2D eigenvalue weighted by Crippen LogP contribution is 2.34. The minimum absolute atomic E-state index is 0.0352. The van der Waals surface area contributed by atoms with E-state index in [0.29, 0.717) is 6.61 Å². The molecule has 4 heteroatoms. The molecule has 0 spiro atoms. The number of esters is 1. The Morgan fingerprint density at radius 1 is 0.844 bits per heavy atom. The Hall–Kier alpha value is -2.69. The molecule has 1 radical (unpaired) electrons. The number of ether oxygens (including phenoxy) is 1. The first-order valence-electron chi connectivity index (χ1n) is 10.5. The van der Waals surface area contributed by atoms with E-state index in [-0.39, 0.29) is 11.2 Å². The van der Waals surface area contributed by atoms with Crippen LogP contribution < -0.4 is 0 Å². The van der Waals surface area contributed by atoms with Crippen LogP contribution in [-0.4, -0.2) is 23.6 Å². The number of benzene rings is 4. The largest absolute Gasteiger partial charge is 0.461 e. The van der Waals surface area contributed by atoms with Gasteiger partial charge < -0.3 is 4.74 Å². The Morgan fingerprint density at radius 3 is 2.03 bits per heavy atom. The molecule has 2 unspecified atom stereocenters. The molecule has 0 amide bonds. The van der Waals surface area contributed by atoms with Crippen molar-refractivity contribution in [3.05, 3.63) is 105 Å². The van der Waals surface area contributed by atoms with Gasteiger partial charge in [0.15, 0.2) is 0 Å². The van der Waals surface area contributed by atoms with Crippen LogP contribution >= 0.6 is 23.5 Å². The zero-order valence-corrected chi connectivity index (χ0v) is 19.4. The molecule has 2 atom stereocenters. The zero-order chi connectivity index (χ0) is 22.3. The van der Waals surface area contributed by atoms with Gasteiger partial charge >= 0.3 is 5.97 Å². The van der Waals surface area contributed by atoms with Crippen LogP contribution in [0.5, 0.6) is 0 Å². The second-order valence-electron chi connectivity index (χ2n) is 7.58. The smallest absolute Gasteiger partial charge is 0.330 e. The molecule has 0 aliphatic heterocycles. The fourth-order valence-corrected chi connectivity index (χ4v) is 5.72. The van der Waals surface area contributed by atoms with E-state index in [1.165, 1.54) is 32.5 Å². The summed E-state index contributed by atoms with van der Waals surface area (Å²) in [5, 5.41) is 4.92. The molecular weight excluding hydrogens is 432 g/mol. The number of hydrogen-bond donors (Lipinski definition) is 0. The minimum Gasteiger partial charge on any atom is -0.461 e. The predicted octanol–water partition coefficient (Wildman–Crippen LogP) is 7.43. The average molecular weight is 458 g/mol. The summed E-state index contributed by atoms with van der Waals surface area (Å²) in [7, 11) is 0. The molecule has 0 aliphatic carbocycles. The standard InChI is InChI=1S/C28H25O2S2/c1-3-28(29)30-18-27(32-26-15-13-22-9-5-7-11-24(22)17-26)20(2)19-31-25-14-12-21-8-4-6-10-23(21)16-25/h3-17,20,27H,1-2,18-19H2. The van der Waals surface area contributed by atoms with Gasteiger partial charge in [0.1, 0.15) is 6.61 Å². The van der Waals surface area contributed by atoms with Gasteiger partial charge in [0.2, 0.25) is 0 Å². The maximum Gasteiger partial charge on any atom is 0.330 e. The molecule has 0 heterocycles. The fourth-order valence-electron chi connectivity index (χ4n) is 3.47. The Morgan fingerprint density at radius 2 is 1.41 bits per heavy atom. The van der Waals surface area contributed by atoms with Crippen LogP contribution in [0.25, 0.3) is 21.5 Å².